The number of carboxylic acids is 1. The summed E-state index contributed by atoms with van der Waals surface area (Å²) in [4.78, 5) is 13.0. The van der Waals surface area contributed by atoms with Gasteiger partial charge in [0.1, 0.15) is 0 Å². The van der Waals surface area contributed by atoms with Crippen LogP contribution in [-0.4, -0.2) is 11.1 Å². The Balaban J connectivity index is 2.41. The molecule has 1 N–H and O–H groups in total. The predicted molar refractivity (Wildman–Crippen MR) is 75.3 cm³/mol. The summed E-state index contributed by atoms with van der Waals surface area (Å²) < 4.78 is 0. The van der Waals surface area contributed by atoms with Gasteiger partial charge in [0.25, 0.3) is 0 Å². The molecule has 18 heavy (non-hydrogen) atoms. The van der Waals surface area contributed by atoms with Crippen molar-refractivity contribution in [3.63, 3.8) is 0 Å². The highest BCUT2D eigenvalue weighted by Crippen LogP contribution is 2.34. The molecule has 3 heteroatoms. The molecule has 2 nitrogen and oxygen atoms in total. The van der Waals surface area contributed by atoms with Gasteiger partial charge in [0.2, 0.25) is 0 Å². The Morgan fingerprint density at radius 3 is 2.61 bits per heavy atom. The fraction of sp³-hybridized carbons (Fsp3) is 0.267. The molecular weight excluding hydrogens is 244 g/mol. The van der Waals surface area contributed by atoms with Crippen molar-refractivity contribution in [2.24, 2.45) is 0 Å². The Bertz CT molecular complexity index is 584. The fourth-order valence-corrected chi connectivity index (χ4v) is 3.00. The second kappa shape index (κ2) is 4.94. The minimum absolute atomic E-state index is 0.436. The standard InChI is InChI=1S/C15H16O2S/c1-9-5-4-6-12(10(9)2)14-8-7-13(18-14)11(3)15(16)17/h4-8,11H,1-3H3,(H,16,17). The number of hydrogen-bond acceptors (Lipinski definition) is 2. The van der Waals surface area contributed by atoms with Gasteiger partial charge in [-0.3, -0.25) is 4.79 Å². The van der Waals surface area contributed by atoms with Gasteiger partial charge < -0.3 is 5.11 Å². The van der Waals surface area contributed by atoms with Crippen molar-refractivity contribution in [2.45, 2.75) is 26.7 Å². The lowest BCUT2D eigenvalue weighted by Crippen LogP contribution is -2.04. The Labute approximate surface area is 111 Å². The summed E-state index contributed by atoms with van der Waals surface area (Å²) in [6.07, 6.45) is 0. The molecule has 94 valence electrons. The van der Waals surface area contributed by atoms with Gasteiger partial charge in [0.05, 0.1) is 5.92 Å². The molecule has 0 radical (unpaired) electrons. The molecule has 1 unspecified atom stereocenters. The number of carbonyl (C=O) groups is 1. The van der Waals surface area contributed by atoms with Crippen LogP contribution in [0.5, 0.6) is 0 Å². The smallest absolute Gasteiger partial charge is 0.311 e. The number of hydrogen-bond donors (Lipinski definition) is 1. The SMILES string of the molecule is Cc1cccc(-c2ccc(C(C)C(=O)O)s2)c1C. The number of thiophene rings is 1. The van der Waals surface area contributed by atoms with Gasteiger partial charge in [-0.15, -0.1) is 11.3 Å². The summed E-state index contributed by atoms with van der Waals surface area (Å²) in [6.45, 7) is 5.92. The molecule has 0 saturated carbocycles. The summed E-state index contributed by atoms with van der Waals surface area (Å²) in [5.41, 5.74) is 3.71. The maximum atomic E-state index is 11.0. The van der Waals surface area contributed by atoms with E-state index >= 15 is 0 Å². The Kier molecular flexibility index (Phi) is 3.53. The average molecular weight is 260 g/mol. The third kappa shape index (κ3) is 2.31. The van der Waals surface area contributed by atoms with E-state index in [0.717, 1.165) is 9.75 Å². The quantitative estimate of drug-likeness (QED) is 0.897. The summed E-state index contributed by atoms with van der Waals surface area (Å²) >= 11 is 1.56. The van der Waals surface area contributed by atoms with Gasteiger partial charge >= 0.3 is 5.97 Å². The average Bonchev–Trinajstić information content (AvgIpc) is 2.80. The van der Waals surface area contributed by atoms with Gasteiger partial charge in [-0.25, -0.2) is 0 Å². The van der Waals surface area contributed by atoms with Crippen molar-refractivity contribution in [2.75, 3.05) is 0 Å². The van der Waals surface area contributed by atoms with Crippen LogP contribution in [-0.2, 0) is 4.79 Å². The van der Waals surface area contributed by atoms with Crippen LogP contribution in [0.25, 0.3) is 10.4 Å². The zero-order valence-corrected chi connectivity index (χ0v) is 11.5. The summed E-state index contributed by atoms with van der Waals surface area (Å²) in [5.74, 6) is -1.21. The van der Waals surface area contributed by atoms with E-state index in [1.54, 1.807) is 18.3 Å². The maximum absolute atomic E-state index is 11.0. The van der Waals surface area contributed by atoms with Crippen molar-refractivity contribution in [3.05, 3.63) is 46.3 Å². The minimum Gasteiger partial charge on any atom is -0.481 e. The molecule has 2 aromatic rings. The molecule has 0 fully saturated rings. The van der Waals surface area contributed by atoms with Crippen molar-refractivity contribution in [1.29, 1.82) is 0 Å². The monoisotopic (exact) mass is 260 g/mol. The molecule has 0 aliphatic heterocycles. The van der Waals surface area contributed by atoms with Gasteiger partial charge in [-0.05, 0) is 49.6 Å². The largest absolute Gasteiger partial charge is 0.481 e. The first-order chi connectivity index (χ1) is 8.50. The summed E-state index contributed by atoms with van der Waals surface area (Å²) in [5, 5.41) is 9.02. The van der Waals surface area contributed by atoms with Crippen LogP contribution in [0.4, 0.5) is 0 Å². The van der Waals surface area contributed by atoms with E-state index in [0.29, 0.717) is 0 Å². The summed E-state index contributed by atoms with van der Waals surface area (Å²) in [6, 6.07) is 10.1. The van der Waals surface area contributed by atoms with Crippen LogP contribution < -0.4 is 0 Å². The van der Waals surface area contributed by atoms with Crippen LogP contribution in [0.3, 0.4) is 0 Å². The molecule has 0 saturated heterocycles. The molecular formula is C15H16O2S. The topological polar surface area (TPSA) is 37.3 Å². The van der Waals surface area contributed by atoms with E-state index < -0.39 is 11.9 Å². The fourth-order valence-electron chi connectivity index (χ4n) is 1.87. The normalized spacial score (nSPS) is 12.4. The van der Waals surface area contributed by atoms with Crippen molar-refractivity contribution in [3.8, 4) is 10.4 Å². The lowest BCUT2D eigenvalue weighted by Gasteiger charge is -2.06. The zero-order valence-electron chi connectivity index (χ0n) is 10.7. The second-order valence-corrected chi connectivity index (χ2v) is 5.62. The van der Waals surface area contributed by atoms with E-state index in [1.807, 2.05) is 18.2 Å². The molecule has 1 heterocycles. The van der Waals surface area contributed by atoms with Crippen molar-refractivity contribution >= 4 is 17.3 Å². The molecule has 0 aliphatic carbocycles. The number of aliphatic carboxylic acids is 1. The lowest BCUT2D eigenvalue weighted by molar-refractivity contribution is -0.138. The van der Waals surface area contributed by atoms with Crippen LogP contribution in [0.1, 0.15) is 28.8 Å². The first-order valence-corrected chi connectivity index (χ1v) is 6.71. The van der Waals surface area contributed by atoms with E-state index in [2.05, 4.69) is 26.0 Å². The Morgan fingerprint density at radius 1 is 1.22 bits per heavy atom. The van der Waals surface area contributed by atoms with E-state index in [4.69, 9.17) is 5.11 Å². The van der Waals surface area contributed by atoms with Crippen LogP contribution in [0.15, 0.2) is 30.3 Å². The molecule has 1 aromatic carbocycles. The summed E-state index contributed by atoms with van der Waals surface area (Å²) in [7, 11) is 0. The number of aryl methyl sites for hydroxylation is 1. The molecule has 0 spiro atoms. The van der Waals surface area contributed by atoms with E-state index in [1.165, 1.54) is 16.7 Å². The van der Waals surface area contributed by atoms with Gasteiger partial charge in [0.15, 0.2) is 0 Å². The molecule has 2 rings (SSSR count). The Hall–Kier alpha value is -1.61. The highest BCUT2D eigenvalue weighted by molar-refractivity contribution is 7.15. The zero-order chi connectivity index (χ0) is 13.3. The number of carboxylic acid groups (broad SMARTS) is 1. The van der Waals surface area contributed by atoms with Crippen LogP contribution in [0.2, 0.25) is 0 Å². The second-order valence-electron chi connectivity index (χ2n) is 4.51. The third-order valence-electron chi connectivity index (χ3n) is 3.29. The molecule has 0 aliphatic rings. The minimum atomic E-state index is -0.774. The van der Waals surface area contributed by atoms with E-state index in [9.17, 15) is 4.79 Å². The van der Waals surface area contributed by atoms with E-state index in [-0.39, 0.29) is 0 Å². The lowest BCUT2D eigenvalue weighted by atomic mass is 10.0. The number of rotatable bonds is 3. The van der Waals surface area contributed by atoms with Crippen molar-refractivity contribution < 1.29 is 9.90 Å². The Morgan fingerprint density at radius 2 is 1.94 bits per heavy atom. The predicted octanol–water partition coefficient (Wildman–Crippen LogP) is 4.22. The highest BCUT2D eigenvalue weighted by Gasteiger charge is 2.16. The molecule has 1 aromatic heterocycles. The van der Waals surface area contributed by atoms with Crippen molar-refractivity contribution in [1.82, 2.24) is 0 Å². The molecule has 1 atom stereocenters. The first-order valence-electron chi connectivity index (χ1n) is 5.90. The van der Waals surface area contributed by atoms with Crippen LogP contribution in [0, 0.1) is 13.8 Å². The maximum Gasteiger partial charge on any atom is 0.311 e. The van der Waals surface area contributed by atoms with Crippen LogP contribution >= 0.6 is 11.3 Å². The molecule has 0 amide bonds. The first kappa shape index (κ1) is 12.8. The molecule has 0 bridgehead atoms. The van der Waals surface area contributed by atoms with Gasteiger partial charge in [-0.2, -0.15) is 0 Å². The van der Waals surface area contributed by atoms with Gasteiger partial charge in [0, 0.05) is 9.75 Å². The third-order valence-corrected chi connectivity index (χ3v) is 4.60. The number of benzene rings is 1. The van der Waals surface area contributed by atoms with Gasteiger partial charge in [-0.1, -0.05) is 18.2 Å². The highest BCUT2D eigenvalue weighted by atomic mass is 32.1.